The maximum atomic E-state index is 11.4. The number of aliphatic carboxylic acids is 1. The van der Waals surface area contributed by atoms with Crippen molar-refractivity contribution in [1.29, 1.82) is 0 Å². The average molecular weight is 304 g/mol. The predicted octanol–water partition coefficient (Wildman–Crippen LogP) is 3.87. The van der Waals surface area contributed by atoms with Crippen molar-refractivity contribution in [2.45, 2.75) is 0 Å². The van der Waals surface area contributed by atoms with Gasteiger partial charge in [0, 0.05) is 6.07 Å². The fourth-order valence-corrected chi connectivity index (χ4v) is 2.00. The third-order valence-corrected chi connectivity index (χ3v) is 3.11. The van der Waals surface area contributed by atoms with Gasteiger partial charge in [0.15, 0.2) is 0 Å². The van der Waals surface area contributed by atoms with Gasteiger partial charge in [-0.25, -0.2) is 4.79 Å². The number of benzene rings is 2. The zero-order valence-electron chi connectivity index (χ0n) is 10.7. The molecule has 0 aromatic heterocycles. The summed E-state index contributed by atoms with van der Waals surface area (Å²) in [4.78, 5) is 21.6. The second-order valence-corrected chi connectivity index (χ2v) is 4.60. The highest BCUT2D eigenvalue weighted by Gasteiger charge is 2.14. The number of hydrogen-bond donors (Lipinski definition) is 1. The lowest BCUT2D eigenvalue weighted by Crippen LogP contribution is -1.99. The molecule has 6 heteroatoms. The molecule has 0 aliphatic carbocycles. The minimum Gasteiger partial charge on any atom is -0.478 e. The monoisotopic (exact) mass is 303 g/mol. The van der Waals surface area contributed by atoms with Crippen LogP contribution in [-0.2, 0) is 4.79 Å². The van der Waals surface area contributed by atoms with Gasteiger partial charge in [-0.15, -0.1) is 0 Å². The highest BCUT2D eigenvalue weighted by atomic mass is 35.5. The molecule has 0 amide bonds. The molecule has 2 aromatic rings. The van der Waals surface area contributed by atoms with Crippen LogP contribution < -0.4 is 0 Å². The summed E-state index contributed by atoms with van der Waals surface area (Å²) in [7, 11) is 0. The number of rotatable bonds is 4. The van der Waals surface area contributed by atoms with Crippen LogP contribution in [0.25, 0.3) is 11.6 Å². The van der Waals surface area contributed by atoms with Gasteiger partial charge < -0.3 is 5.11 Å². The van der Waals surface area contributed by atoms with E-state index in [1.807, 2.05) is 0 Å². The third kappa shape index (κ3) is 3.46. The van der Waals surface area contributed by atoms with Crippen molar-refractivity contribution in [2.75, 3.05) is 0 Å². The van der Waals surface area contributed by atoms with Crippen molar-refractivity contribution in [2.24, 2.45) is 0 Å². The molecular weight excluding hydrogens is 294 g/mol. The lowest BCUT2D eigenvalue weighted by Gasteiger charge is -2.03. The van der Waals surface area contributed by atoms with Gasteiger partial charge in [0.05, 0.1) is 10.5 Å². The van der Waals surface area contributed by atoms with Crippen LogP contribution in [0, 0.1) is 10.1 Å². The van der Waals surface area contributed by atoms with Gasteiger partial charge in [-0.05, 0) is 23.3 Å². The van der Waals surface area contributed by atoms with Crippen molar-refractivity contribution >= 4 is 34.9 Å². The van der Waals surface area contributed by atoms with E-state index in [2.05, 4.69) is 0 Å². The van der Waals surface area contributed by atoms with Crippen LogP contribution in [0.4, 0.5) is 5.69 Å². The number of carbonyl (C=O) groups is 1. The van der Waals surface area contributed by atoms with Gasteiger partial charge in [-0.1, -0.05) is 48.0 Å². The Morgan fingerprint density at radius 3 is 2.43 bits per heavy atom. The molecule has 0 radical (unpaired) electrons. The minimum atomic E-state index is -1.11. The average Bonchev–Trinajstić information content (AvgIpc) is 2.46. The van der Waals surface area contributed by atoms with Crippen molar-refractivity contribution in [1.82, 2.24) is 0 Å². The van der Waals surface area contributed by atoms with Gasteiger partial charge in [-0.2, -0.15) is 0 Å². The van der Waals surface area contributed by atoms with E-state index in [4.69, 9.17) is 11.6 Å². The number of nitro benzene ring substituents is 1. The zero-order chi connectivity index (χ0) is 15.4. The molecule has 21 heavy (non-hydrogen) atoms. The van der Waals surface area contributed by atoms with E-state index in [-0.39, 0.29) is 16.3 Å². The maximum absolute atomic E-state index is 11.4. The van der Waals surface area contributed by atoms with Crippen molar-refractivity contribution in [3.05, 3.63) is 74.8 Å². The van der Waals surface area contributed by atoms with Crippen LogP contribution in [-0.4, -0.2) is 16.0 Å². The second-order valence-electron chi connectivity index (χ2n) is 4.20. The zero-order valence-corrected chi connectivity index (χ0v) is 11.4. The van der Waals surface area contributed by atoms with E-state index in [0.29, 0.717) is 11.1 Å². The molecule has 2 rings (SSSR count). The molecule has 0 atom stereocenters. The third-order valence-electron chi connectivity index (χ3n) is 2.79. The smallest absolute Gasteiger partial charge is 0.336 e. The van der Waals surface area contributed by atoms with Gasteiger partial charge in [0.2, 0.25) is 0 Å². The van der Waals surface area contributed by atoms with Gasteiger partial charge >= 0.3 is 5.97 Å². The summed E-state index contributed by atoms with van der Waals surface area (Å²) in [5.41, 5.74) is 0.699. The molecule has 0 aliphatic heterocycles. The van der Waals surface area contributed by atoms with Gasteiger partial charge in [0.25, 0.3) is 5.69 Å². The predicted molar refractivity (Wildman–Crippen MR) is 80.1 cm³/mol. The van der Waals surface area contributed by atoms with Crippen LogP contribution in [0.1, 0.15) is 11.1 Å². The number of carboxylic acid groups (broad SMARTS) is 1. The Morgan fingerprint density at radius 2 is 1.86 bits per heavy atom. The molecular formula is C15H10ClNO4. The number of hydrogen-bond acceptors (Lipinski definition) is 3. The fraction of sp³-hybridized carbons (Fsp3) is 0. The fourth-order valence-electron chi connectivity index (χ4n) is 1.81. The summed E-state index contributed by atoms with van der Waals surface area (Å²) in [6.07, 6.45) is 1.38. The van der Waals surface area contributed by atoms with E-state index >= 15 is 0 Å². The molecule has 0 saturated heterocycles. The Hall–Kier alpha value is -2.66. The minimum absolute atomic E-state index is 0.00809. The topological polar surface area (TPSA) is 80.4 Å². The van der Waals surface area contributed by atoms with Crippen LogP contribution in [0.2, 0.25) is 5.02 Å². The number of halogens is 1. The van der Waals surface area contributed by atoms with Crippen LogP contribution in [0.15, 0.2) is 48.5 Å². The Kier molecular flexibility index (Phi) is 4.35. The lowest BCUT2D eigenvalue weighted by molar-refractivity contribution is -0.384. The van der Waals surface area contributed by atoms with E-state index in [9.17, 15) is 20.0 Å². The number of nitrogens with zero attached hydrogens (tertiary/aromatic N) is 1. The molecule has 0 aliphatic rings. The van der Waals surface area contributed by atoms with E-state index in [1.54, 1.807) is 30.3 Å². The molecule has 0 saturated carbocycles. The summed E-state index contributed by atoms with van der Waals surface area (Å²) in [6.45, 7) is 0. The van der Waals surface area contributed by atoms with Gasteiger partial charge in [-0.3, -0.25) is 10.1 Å². The Labute approximate surface area is 125 Å². The van der Waals surface area contributed by atoms with Crippen LogP contribution in [0.5, 0.6) is 0 Å². The molecule has 0 bridgehead atoms. The summed E-state index contributed by atoms with van der Waals surface area (Å²) in [6, 6.07) is 12.7. The first-order valence-electron chi connectivity index (χ1n) is 5.93. The molecule has 5 nitrogen and oxygen atoms in total. The molecule has 0 fully saturated rings. The first-order valence-corrected chi connectivity index (χ1v) is 6.31. The quantitative estimate of drug-likeness (QED) is 0.402. The molecule has 1 N–H and O–H groups in total. The molecule has 0 heterocycles. The lowest BCUT2D eigenvalue weighted by atomic mass is 10.0. The SMILES string of the molecule is O=C(O)/C(=C\c1ccc(Cl)c([N+](=O)[O-])c1)c1ccccc1. The van der Waals surface area contributed by atoms with Crippen molar-refractivity contribution in [3.63, 3.8) is 0 Å². The Morgan fingerprint density at radius 1 is 1.19 bits per heavy atom. The Balaban J connectivity index is 2.52. The first-order chi connectivity index (χ1) is 9.99. The molecule has 2 aromatic carbocycles. The molecule has 0 unspecified atom stereocenters. The van der Waals surface area contributed by atoms with Gasteiger partial charge in [0.1, 0.15) is 5.02 Å². The van der Waals surface area contributed by atoms with E-state index in [1.165, 1.54) is 24.3 Å². The largest absolute Gasteiger partial charge is 0.478 e. The van der Waals surface area contributed by atoms with E-state index < -0.39 is 10.9 Å². The summed E-state index contributed by atoms with van der Waals surface area (Å²) in [5, 5.41) is 20.1. The highest BCUT2D eigenvalue weighted by Crippen LogP contribution is 2.27. The normalized spacial score (nSPS) is 11.2. The van der Waals surface area contributed by atoms with E-state index in [0.717, 1.165) is 0 Å². The standard InChI is InChI=1S/C15H10ClNO4/c16-13-7-6-10(9-14(13)17(20)21)8-12(15(18)19)11-4-2-1-3-5-11/h1-9H,(H,18,19)/b12-8-. The van der Waals surface area contributed by atoms with Crippen LogP contribution >= 0.6 is 11.6 Å². The van der Waals surface area contributed by atoms with Crippen LogP contribution in [0.3, 0.4) is 0 Å². The molecule has 106 valence electrons. The van der Waals surface area contributed by atoms with Crippen molar-refractivity contribution < 1.29 is 14.8 Å². The summed E-state index contributed by atoms with van der Waals surface area (Å²) < 4.78 is 0. The summed E-state index contributed by atoms with van der Waals surface area (Å²) >= 11 is 5.73. The number of nitro groups is 1. The second kappa shape index (κ2) is 6.19. The van der Waals surface area contributed by atoms with Crippen molar-refractivity contribution in [3.8, 4) is 0 Å². The first kappa shape index (κ1) is 14.7. The maximum Gasteiger partial charge on any atom is 0.336 e. The Bertz CT molecular complexity index is 726. The summed E-state index contributed by atoms with van der Waals surface area (Å²) in [5.74, 6) is -1.11. The molecule has 0 spiro atoms. The number of carboxylic acids is 1. The highest BCUT2D eigenvalue weighted by molar-refractivity contribution is 6.32.